The van der Waals surface area contributed by atoms with Crippen molar-refractivity contribution in [3.05, 3.63) is 53.7 Å². The van der Waals surface area contributed by atoms with E-state index in [9.17, 15) is 9.59 Å². The van der Waals surface area contributed by atoms with Gasteiger partial charge in [-0.1, -0.05) is 30.3 Å². The Hall–Kier alpha value is -3.29. The lowest BCUT2D eigenvalue weighted by Crippen LogP contribution is -2.58. The second-order valence-corrected chi connectivity index (χ2v) is 6.74. The van der Waals surface area contributed by atoms with Gasteiger partial charge in [-0.05, 0) is 17.7 Å². The van der Waals surface area contributed by atoms with E-state index in [1.165, 1.54) is 0 Å². The highest BCUT2D eigenvalue weighted by Crippen LogP contribution is 2.34. The number of piperazine rings is 1. The quantitative estimate of drug-likeness (QED) is 0.869. The highest BCUT2D eigenvalue weighted by molar-refractivity contribution is 5.92. The molecular weight excluding hydrogens is 360 g/mol. The number of aromatic nitrogens is 1. The van der Waals surface area contributed by atoms with Crippen LogP contribution in [0, 0.1) is 0 Å². The third-order valence-electron chi connectivity index (χ3n) is 4.97. The minimum absolute atomic E-state index is 0.0261. The third-order valence-corrected chi connectivity index (χ3v) is 4.97. The number of hydrogen-bond donors (Lipinski definition) is 1. The second-order valence-electron chi connectivity index (χ2n) is 6.74. The van der Waals surface area contributed by atoms with E-state index >= 15 is 0 Å². The molecule has 1 aromatic heterocycles. The van der Waals surface area contributed by atoms with Gasteiger partial charge in [0.15, 0.2) is 0 Å². The molecular formula is C20H22N4O4. The summed E-state index contributed by atoms with van der Waals surface area (Å²) in [7, 11) is 1.57. The molecule has 0 spiro atoms. The SMILES string of the molecule is CNC(=O)c1ccc2c(n1)OCC1CN(C(=O)OCc3ccccc3)CCN21. The summed E-state index contributed by atoms with van der Waals surface area (Å²) in [6.45, 7) is 2.39. The van der Waals surface area contributed by atoms with Gasteiger partial charge in [-0.3, -0.25) is 4.79 Å². The smallest absolute Gasteiger partial charge is 0.410 e. The van der Waals surface area contributed by atoms with Crippen LogP contribution in [-0.4, -0.2) is 61.2 Å². The number of hydrogen-bond acceptors (Lipinski definition) is 6. The molecule has 1 N–H and O–H groups in total. The summed E-state index contributed by atoms with van der Waals surface area (Å²) in [6.07, 6.45) is -0.317. The van der Waals surface area contributed by atoms with Gasteiger partial charge in [-0.15, -0.1) is 0 Å². The van der Waals surface area contributed by atoms with Crippen molar-refractivity contribution in [3.63, 3.8) is 0 Å². The van der Waals surface area contributed by atoms with Crippen molar-refractivity contribution in [1.29, 1.82) is 0 Å². The van der Waals surface area contributed by atoms with Gasteiger partial charge in [0.2, 0.25) is 5.88 Å². The minimum atomic E-state index is -0.317. The normalized spacial score (nSPS) is 17.8. The van der Waals surface area contributed by atoms with Crippen molar-refractivity contribution in [2.24, 2.45) is 0 Å². The largest absolute Gasteiger partial charge is 0.474 e. The Morgan fingerprint density at radius 1 is 1.21 bits per heavy atom. The lowest BCUT2D eigenvalue weighted by atomic mass is 10.1. The summed E-state index contributed by atoms with van der Waals surface area (Å²) < 4.78 is 11.2. The molecule has 4 rings (SSSR count). The first-order chi connectivity index (χ1) is 13.7. The van der Waals surface area contributed by atoms with E-state index in [0.29, 0.717) is 37.8 Å². The molecule has 2 aliphatic rings. The maximum absolute atomic E-state index is 12.4. The van der Waals surface area contributed by atoms with Crippen LogP contribution in [0.1, 0.15) is 16.1 Å². The highest BCUT2D eigenvalue weighted by Gasteiger charge is 2.36. The average molecular weight is 382 g/mol. The number of fused-ring (bicyclic) bond motifs is 3. The van der Waals surface area contributed by atoms with E-state index in [1.54, 1.807) is 18.0 Å². The van der Waals surface area contributed by atoms with Crippen molar-refractivity contribution in [2.45, 2.75) is 12.6 Å². The number of nitrogens with zero attached hydrogens (tertiary/aromatic N) is 3. The molecule has 1 fully saturated rings. The average Bonchev–Trinajstić information content (AvgIpc) is 2.76. The van der Waals surface area contributed by atoms with Crippen molar-refractivity contribution < 1.29 is 19.1 Å². The van der Waals surface area contributed by atoms with Crippen LogP contribution in [-0.2, 0) is 11.3 Å². The number of carbonyl (C=O) groups excluding carboxylic acids is 2. The van der Waals surface area contributed by atoms with Crippen molar-refractivity contribution in [1.82, 2.24) is 15.2 Å². The number of ether oxygens (including phenoxy) is 2. The van der Waals surface area contributed by atoms with Crippen LogP contribution < -0.4 is 15.0 Å². The van der Waals surface area contributed by atoms with Crippen LogP contribution in [0.4, 0.5) is 10.5 Å². The summed E-state index contributed by atoms with van der Waals surface area (Å²) in [5, 5.41) is 2.56. The highest BCUT2D eigenvalue weighted by atomic mass is 16.6. The monoisotopic (exact) mass is 382 g/mol. The zero-order valence-electron chi connectivity index (χ0n) is 15.6. The number of rotatable bonds is 3. The zero-order chi connectivity index (χ0) is 19.5. The molecule has 28 heavy (non-hydrogen) atoms. The van der Waals surface area contributed by atoms with Gasteiger partial charge in [0.1, 0.15) is 24.6 Å². The zero-order valence-corrected chi connectivity index (χ0v) is 15.6. The summed E-state index contributed by atoms with van der Waals surface area (Å²) in [5.74, 6) is 0.206. The lowest BCUT2D eigenvalue weighted by Gasteiger charge is -2.44. The molecule has 8 heteroatoms. The van der Waals surface area contributed by atoms with Crippen LogP contribution in [0.15, 0.2) is 42.5 Å². The molecule has 2 amide bonds. The van der Waals surface area contributed by atoms with Crippen molar-refractivity contribution >= 4 is 17.7 Å². The van der Waals surface area contributed by atoms with Gasteiger partial charge in [0.25, 0.3) is 5.91 Å². The molecule has 1 atom stereocenters. The van der Waals surface area contributed by atoms with Crippen molar-refractivity contribution in [3.8, 4) is 5.88 Å². The van der Waals surface area contributed by atoms with E-state index in [4.69, 9.17) is 9.47 Å². The molecule has 0 bridgehead atoms. The predicted molar refractivity (Wildman–Crippen MR) is 102 cm³/mol. The van der Waals surface area contributed by atoms with Gasteiger partial charge >= 0.3 is 6.09 Å². The summed E-state index contributed by atoms with van der Waals surface area (Å²) in [4.78, 5) is 32.4. The van der Waals surface area contributed by atoms with Gasteiger partial charge in [0, 0.05) is 26.7 Å². The van der Waals surface area contributed by atoms with Gasteiger partial charge < -0.3 is 24.6 Å². The van der Waals surface area contributed by atoms with E-state index in [0.717, 1.165) is 11.3 Å². The fraction of sp³-hybridized carbons (Fsp3) is 0.350. The first kappa shape index (κ1) is 18.1. The molecule has 0 saturated carbocycles. The Labute approximate surface area is 163 Å². The van der Waals surface area contributed by atoms with E-state index < -0.39 is 0 Å². The first-order valence-electron chi connectivity index (χ1n) is 9.24. The third kappa shape index (κ3) is 3.58. The minimum Gasteiger partial charge on any atom is -0.474 e. The van der Waals surface area contributed by atoms with Gasteiger partial charge in [-0.25, -0.2) is 9.78 Å². The molecule has 2 aliphatic heterocycles. The Balaban J connectivity index is 1.39. The summed E-state index contributed by atoms with van der Waals surface area (Å²) in [5.41, 5.74) is 2.13. The number of nitrogens with one attached hydrogen (secondary N) is 1. The predicted octanol–water partition coefficient (Wildman–Crippen LogP) is 1.66. The van der Waals surface area contributed by atoms with Crippen LogP contribution >= 0.6 is 0 Å². The van der Waals surface area contributed by atoms with Crippen LogP contribution in [0.3, 0.4) is 0 Å². The van der Waals surface area contributed by atoms with Gasteiger partial charge in [0.05, 0.1) is 6.04 Å². The summed E-state index contributed by atoms with van der Waals surface area (Å²) in [6, 6.07) is 13.2. The standard InChI is InChI=1S/C20H22N4O4/c1-21-18(25)16-7-8-17-19(22-16)27-13-15-11-23(9-10-24(15)17)20(26)28-12-14-5-3-2-4-6-14/h2-8,15H,9-13H2,1H3,(H,21,25). The number of pyridine rings is 1. The molecule has 1 aromatic carbocycles. The fourth-order valence-electron chi connectivity index (χ4n) is 3.48. The Kier molecular flexibility index (Phi) is 5.01. The number of carbonyl (C=O) groups is 2. The number of anilines is 1. The number of amides is 2. The van der Waals surface area contributed by atoms with Crippen LogP contribution in [0.5, 0.6) is 5.88 Å². The Morgan fingerprint density at radius 2 is 2.04 bits per heavy atom. The van der Waals surface area contributed by atoms with Crippen molar-refractivity contribution in [2.75, 3.05) is 38.2 Å². The molecule has 8 nitrogen and oxygen atoms in total. The number of benzene rings is 1. The second kappa shape index (κ2) is 7.75. The molecule has 0 radical (unpaired) electrons. The van der Waals surface area contributed by atoms with E-state index in [-0.39, 0.29) is 24.6 Å². The maximum Gasteiger partial charge on any atom is 0.410 e. The fourth-order valence-corrected chi connectivity index (χ4v) is 3.48. The Bertz CT molecular complexity index is 874. The van der Waals surface area contributed by atoms with Crippen LogP contribution in [0.25, 0.3) is 0 Å². The maximum atomic E-state index is 12.4. The van der Waals surface area contributed by atoms with Gasteiger partial charge in [-0.2, -0.15) is 0 Å². The summed E-state index contributed by atoms with van der Waals surface area (Å²) >= 11 is 0. The van der Waals surface area contributed by atoms with E-state index in [1.807, 2.05) is 36.4 Å². The molecule has 2 aromatic rings. The topological polar surface area (TPSA) is 84.0 Å². The molecule has 1 unspecified atom stereocenters. The molecule has 146 valence electrons. The molecule has 1 saturated heterocycles. The van der Waals surface area contributed by atoms with Crippen LogP contribution in [0.2, 0.25) is 0 Å². The first-order valence-corrected chi connectivity index (χ1v) is 9.24. The molecule has 0 aliphatic carbocycles. The molecule has 3 heterocycles. The van der Waals surface area contributed by atoms with E-state index in [2.05, 4.69) is 15.2 Å². The lowest BCUT2D eigenvalue weighted by molar-refractivity contribution is 0.0823. The Morgan fingerprint density at radius 3 is 2.82 bits per heavy atom.